The van der Waals surface area contributed by atoms with Gasteiger partial charge in [-0.3, -0.25) is 0 Å². The summed E-state index contributed by atoms with van der Waals surface area (Å²) in [5.41, 5.74) is 2.56. The molecule has 1 atom stereocenters. The molecule has 1 aromatic carbocycles. The lowest BCUT2D eigenvalue weighted by Crippen LogP contribution is -2.17. The van der Waals surface area contributed by atoms with Gasteiger partial charge in [0.1, 0.15) is 0 Å². The third kappa shape index (κ3) is 3.97. The molecule has 5 heteroatoms. The minimum absolute atomic E-state index is 0.308. The molecule has 22 heavy (non-hydrogen) atoms. The summed E-state index contributed by atoms with van der Waals surface area (Å²) in [7, 11) is 0. The quantitative estimate of drug-likeness (QED) is 0.721. The number of benzene rings is 1. The van der Waals surface area contributed by atoms with Crippen LogP contribution in [0.25, 0.3) is 0 Å². The number of aromatic nitrogens is 2. The summed E-state index contributed by atoms with van der Waals surface area (Å²) in [4.78, 5) is 5.33. The molecule has 0 saturated heterocycles. The second-order valence-electron chi connectivity index (χ2n) is 5.30. The van der Waals surface area contributed by atoms with Crippen LogP contribution in [-0.4, -0.2) is 9.55 Å². The lowest BCUT2D eigenvalue weighted by Gasteiger charge is -2.12. The van der Waals surface area contributed by atoms with Crippen molar-refractivity contribution in [3.05, 3.63) is 75.5 Å². The first kappa shape index (κ1) is 15.3. The van der Waals surface area contributed by atoms with E-state index in [9.17, 15) is 0 Å². The Morgan fingerprint density at radius 1 is 1.18 bits per heavy atom. The largest absolute Gasteiger partial charge is 0.333 e. The van der Waals surface area contributed by atoms with Gasteiger partial charge in [-0.05, 0) is 30.2 Å². The van der Waals surface area contributed by atoms with E-state index in [4.69, 9.17) is 11.6 Å². The number of nitrogens with one attached hydrogen (secondary N) is 1. The van der Waals surface area contributed by atoms with Crippen LogP contribution in [0.4, 0.5) is 0 Å². The third-order valence-corrected chi connectivity index (χ3v) is 4.99. The summed E-state index contributed by atoms with van der Waals surface area (Å²) < 4.78 is 2.91. The Balaban J connectivity index is 1.54. The van der Waals surface area contributed by atoms with Crippen LogP contribution in [0.1, 0.15) is 29.0 Å². The molecule has 1 N–H and O–H groups in total. The normalized spacial score (nSPS) is 12.5. The average Bonchev–Trinajstić information content (AvgIpc) is 3.18. The summed E-state index contributed by atoms with van der Waals surface area (Å²) >= 11 is 7.61. The van der Waals surface area contributed by atoms with Gasteiger partial charge >= 0.3 is 0 Å². The number of rotatable bonds is 6. The van der Waals surface area contributed by atoms with Crippen molar-refractivity contribution in [2.75, 3.05) is 0 Å². The summed E-state index contributed by atoms with van der Waals surface area (Å²) in [6.07, 6.45) is 5.61. The summed E-state index contributed by atoms with van der Waals surface area (Å²) in [6, 6.07) is 13.0. The molecular formula is C17H18ClN3S. The zero-order valence-electron chi connectivity index (χ0n) is 12.4. The molecule has 0 amide bonds. The van der Waals surface area contributed by atoms with Crippen LogP contribution >= 0.6 is 22.9 Å². The summed E-state index contributed by atoms with van der Waals surface area (Å²) in [5, 5.41) is 3.53. The van der Waals surface area contributed by atoms with Crippen LogP contribution < -0.4 is 5.32 Å². The predicted molar refractivity (Wildman–Crippen MR) is 92.4 cm³/mol. The van der Waals surface area contributed by atoms with Crippen molar-refractivity contribution in [1.82, 2.24) is 14.9 Å². The van der Waals surface area contributed by atoms with E-state index in [0.717, 1.165) is 17.4 Å². The van der Waals surface area contributed by atoms with Crippen LogP contribution in [0.3, 0.4) is 0 Å². The van der Waals surface area contributed by atoms with Gasteiger partial charge in [0.2, 0.25) is 0 Å². The molecule has 0 bridgehead atoms. The van der Waals surface area contributed by atoms with Crippen molar-refractivity contribution >= 4 is 22.9 Å². The number of nitrogens with zero attached hydrogens (tertiary/aromatic N) is 2. The van der Waals surface area contributed by atoms with Gasteiger partial charge < -0.3 is 9.88 Å². The van der Waals surface area contributed by atoms with Gasteiger partial charge in [0.25, 0.3) is 0 Å². The first-order valence-corrected chi connectivity index (χ1v) is 8.42. The van der Waals surface area contributed by atoms with Gasteiger partial charge in [-0.25, -0.2) is 4.98 Å². The lowest BCUT2D eigenvalue weighted by atomic mass is 10.1. The van der Waals surface area contributed by atoms with E-state index in [0.29, 0.717) is 6.04 Å². The van der Waals surface area contributed by atoms with Crippen molar-refractivity contribution in [3.63, 3.8) is 0 Å². The molecule has 0 saturated carbocycles. The molecule has 0 aliphatic heterocycles. The second-order valence-corrected chi connectivity index (χ2v) is 7.04. The van der Waals surface area contributed by atoms with E-state index in [2.05, 4.69) is 52.1 Å². The molecule has 3 aromatic rings. The van der Waals surface area contributed by atoms with Gasteiger partial charge in [-0.1, -0.05) is 35.9 Å². The molecule has 0 aliphatic carbocycles. The molecule has 0 aliphatic rings. The fourth-order valence-corrected chi connectivity index (χ4v) is 3.37. The zero-order chi connectivity index (χ0) is 15.4. The van der Waals surface area contributed by atoms with Crippen LogP contribution in [0.15, 0.2) is 55.1 Å². The summed E-state index contributed by atoms with van der Waals surface area (Å²) in [5.74, 6) is 0. The topological polar surface area (TPSA) is 29.9 Å². The first-order valence-electron chi connectivity index (χ1n) is 7.23. The first-order chi connectivity index (χ1) is 10.7. The Kier molecular flexibility index (Phi) is 4.93. The van der Waals surface area contributed by atoms with Crippen molar-refractivity contribution in [1.29, 1.82) is 0 Å². The molecule has 0 fully saturated rings. The highest BCUT2D eigenvalue weighted by atomic mass is 35.5. The molecule has 2 heterocycles. The van der Waals surface area contributed by atoms with Crippen molar-refractivity contribution < 1.29 is 0 Å². The fourth-order valence-electron chi connectivity index (χ4n) is 2.29. The van der Waals surface area contributed by atoms with E-state index < -0.39 is 0 Å². The standard InChI is InChI=1S/C17H18ClN3S/c1-13(16-6-7-17(18)22-16)20-10-14-2-4-15(5-3-14)11-21-9-8-19-12-21/h2-9,12-13,20H,10-11H2,1H3/t13-/m1/s1. The van der Waals surface area contributed by atoms with E-state index in [1.807, 2.05) is 18.6 Å². The third-order valence-electron chi connectivity index (χ3n) is 3.58. The minimum Gasteiger partial charge on any atom is -0.333 e. The summed E-state index contributed by atoms with van der Waals surface area (Å²) in [6.45, 7) is 3.87. The second kappa shape index (κ2) is 7.09. The molecule has 0 unspecified atom stereocenters. The van der Waals surface area contributed by atoms with Crippen LogP contribution in [0.5, 0.6) is 0 Å². The number of hydrogen-bond donors (Lipinski definition) is 1. The maximum atomic E-state index is 5.98. The lowest BCUT2D eigenvalue weighted by molar-refractivity contribution is 0.583. The van der Waals surface area contributed by atoms with Crippen LogP contribution in [0.2, 0.25) is 4.34 Å². The number of hydrogen-bond acceptors (Lipinski definition) is 3. The molecule has 3 nitrogen and oxygen atoms in total. The van der Waals surface area contributed by atoms with Gasteiger partial charge in [0.15, 0.2) is 0 Å². The van der Waals surface area contributed by atoms with E-state index in [1.165, 1.54) is 16.0 Å². The Hall–Kier alpha value is -1.62. The maximum absolute atomic E-state index is 5.98. The number of thiophene rings is 1. The van der Waals surface area contributed by atoms with Crippen LogP contribution in [0, 0.1) is 0 Å². The Bertz CT molecular complexity index is 704. The molecule has 2 aromatic heterocycles. The predicted octanol–water partition coefficient (Wildman–Crippen LogP) is 4.50. The number of imidazole rings is 1. The monoisotopic (exact) mass is 331 g/mol. The highest BCUT2D eigenvalue weighted by Crippen LogP contribution is 2.26. The molecule has 0 spiro atoms. The smallest absolute Gasteiger partial charge is 0.0949 e. The highest BCUT2D eigenvalue weighted by Gasteiger charge is 2.07. The van der Waals surface area contributed by atoms with Gasteiger partial charge in [0.05, 0.1) is 10.7 Å². The minimum atomic E-state index is 0.308. The fraction of sp³-hybridized carbons (Fsp3) is 0.235. The molecule has 114 valence electrons. The Morgan fingerprint density at radius 2 is 1.95 bits per heavy atom. The van der Waals surface area contributed by atoms with Gasteiger partial charge in [0, 0.05) is 36.4 Å². The van der Waals surface area contributed by atoms with E-state index in [-0.39, 0.29) is 0 Å². The number of halogens is 1. The average molecular weight is 332 g/mol. The molecule has 0 radical (unpaired) electrons. The SMILES string of the molecule is C[C@@H](NCc1ccc(Cn2ccnc2)cc1)c1ccc(Cl)s1. The van der Waals surface area contributed by atoms with E-state index >= 15 is 0 Å². The van der Waals surface area contributed by atoms with Crippen molar-refractivity contribution in [2.24, 2.45) is 0 Å². The Morgan fingerprint density at radius 3 is 2.59 bits per heavy atom. The highest BCUT2D eigenvalue weighted by molar-refractivity contribution is 7.16. The van der Waals surface area contributed by atoms with Gasteiger partial charge in [-0.2, -0.15) is 0 Å². The van der Waals surface area contributed by atoms with Crippen LogP contribution in [-0.2, 0) is 13.1 Å². The zero-order valence-corrected chi connectivity index (χ0v) is 13.9. The van der Waals surface area contributed by atoms with E-state index in [1.54, 1.807) is 17.5 Å². The molecule has 3 rings (SSSR count). The van der Waals surface area contributed by atoms with Gasteiger partial charge in [-0.15, -0.1) is 11.3 Å². The van der Waals surface area contributed by atoms with Crippen molar-refractivity contribution in [3.8, 4) is 0 Å². The maximum Gasteiger partial charge on any atom is 0.0949 e. The Labute approximate surface area is 139 Å². The molecular weight excluding hydrogens is 314 g/mol. The van der Waals surface area contributed by atoms with Crippen molar-refractivity contribution in [2.45, 2.75) is 26.1 Å².